The van der Waals surface area contributed by atoms with Crippen LogP contribution in [0.2, 0.25) is 0 Å². The summed E-state index contributed by atoms with van der Waals surface area (Å²) in [6.45, 7) is 3.41. The molecule has 1 aromatic carbocycles. The van der Waals surface area contributed by atoms with E-state index in [1.54, 1.807) is 12.1 Å². The Morgan fingerprint density at radius 3 is 3.00 bits per heavy atom. The standard InChI is InChI=1S/C11H15FN2O/c1-11(5-6-15-7-11)14-9-4-2-3-8(12)10(9)13/h2-4,14H,5-7,13H2,1H3. The predicted molar refractivity (Wildman–Crippen MR) is 58.3 cm³/mol. The lowest BCUT2D eigenvalue weighted by Crippen LogP contribution is -2.35. The van der Waals surface area contributed by atoms with Crippen molar-refractivity contribution in [2.45, 2.75) is 18.9 Å². The molecule has 0 aromatic heterocycles. The van der Waals surface area contributed by atoms with E-state index in [2.05, 4.69) is 5.32 Å². The molecule has 1 saturated heterocycles. The summed E-state index contributed by atoms with van der Waals surface area (Å²) in [6.07, 6.45) is 0.906. The van der Waals surface area contributed by atoms with Crippen LogP contribution in [-0.2, 0) is 4.74 Å². The summed E-state index contributed by atoms with van der Waals surface area (Å²) in [5, 5.41) is 3.24. The molecule has 15 heavy (non-hydrogen) atoms. The highest BCUT2D eigenvalue weighted by Gasteiger charge is 2.29. The van der Waals surface area contributed by atoms with Crippen molar-refractivity contribution in [1.29, 1.82) is 0 Å². The Labute approximate surface area is 88.4 Å². The monoisotopic (exact) mass is 210 g/mol. The molecule has 1 aromatic rings. The fourth-order valence-electron chi connectivity index (χ4n) is 1.74. The van der Waals surface area contributed by atoms with Gasteiger partial charge < -0.3 is 15.8 Å². The van der Waals surface area contributed by atoms with Crippen LogP contribution in [0.4, 0.5) is 15.8 Å². The molecule has 1 heterocycles. The number of para-hydroxylation sites is 1. The van der Waals surface area contributed by atoms with Gasteiger partial charge in [-0.05, 0) is 25.5 Å². The zero-order valence-electron chi connectivity index (χ0n) is 8.72. The van der Waals surface area contributed by atoms with Gasteiger partial charge in [-0.25, -0.2) is 4.39 Å². The first kappa shape index (κ1) is 10.2. The first-order valence-corrected chi connectivity index (χ1v) is 5.01. The van der Waals surface area contributed by atoms with E-state index in [1.165, 1.54) is 6.07 Å². The Kier molecular flexibility index (Phi) is 2.52. The number of anilines is 2. The Hall–Kier alpha value is -1.29. The van der Waals surface area contributed by atoms with Gasteiger partial charge in [-0.3, -0.25) is 0 Å². The van der Waals surface area contributed by atoms with Gasteiger partial charge in [-0.1, -0.05) is 6.07 Å². The van der Waals surface area contributed by atoms with Gasteiger partial charge in [-0.2, -0.15) is 0 Å². The van der Waals surface area contributed by atoms with Gasteiger partial charge in [0.15, 0.2) is 0 Å². The van der Waals surface area contributed by atoms with Crippen LogP contribution in [0, 0.1) is 5.82 Å². The second kappa shape index (κ2) is 3.70. The average Bonchev–Trinajstić information content (AvgIpc) is 2.60. The maximum absolute atomic E-state index is 13.2. The molecule has 3 nitrogen and oxygen atoms in total. The van der Waals surface area contributed by atoms with E-state index in [1.807, 2.05) is 6.92 Å². The number of hydrogen-bond acceptors (Lipinski definition) is 3. The van der Waals surface area contributed by atoms with Gasteiger partial charge in [0, 0.05) is 6.61 Å². The topological polar surface area (TPSA) is 47.3 Å². The Morgan fingerprint density at radius 1 is 1.53 bits per heavy atom. The molecule has 2 rings (SSSR count). The van der Waals surface area contributed by atoms with Crippen LogP contribution in [0.25, 0.3) is 0 Å². The lowest BCUT2D eigenvalue weighted by atomic mass is 10.0. The molecule has 82 valence electrons. The molecular weight excluding hydrogens is 195 g/mol. The van der Waals surface area contributed by atoms with Crippen molar-refractivity contribution in [3.63, 3.8) is 0 Å². The van der Waals surface area contributed by atoms with Crippen LogP contribution < -0.4 is 11.1 Å². The van der Waals surface area contributed by atoms with Gasteiger partial charge in [0.05, 0.1) is 23.5 Å². The van der Waals surface area contributed by atoms with E-state index in [4.69, 9.17) is 10.5 Å². The number of nitrogens with two attached hydrogens (primary N) is 1. The second-order valence-electron chi connectivity index (χ2n) is 4.19. The Bertz CT molecular complexity index is 362. The van der Waals surface area contributed by atoms with Crippen molar-refractivity contribution < 1.29 is 9.13 Å². The predicted octanol–water partition coefficient (Wildman–Crippen LogP) is 2.00. The summed E-state index contributed by atoms with van der Waals surface area (Å²) in [5.41, 5.74) is 6.32. The lowest BCUT2D eigenvalue weighted by Gasteiger charge is -2.25. The van der Waals surface area contributed by atoms with Crippen molar-refractivity contribution in [3.8, 4) is 0 Å². The van der Waals surface area contributed by atoms with Crippen LogP contribution in [0.3, 0.4) is 0 Å². The maximum atomic E-state index is 13.2. The van der Waals surface area contributed by atoms with E-state index in [9.17, 15) is 4.39 Å². The highest BCUT2D eigenvalue weighted by Crippen LogP contribution is 2.28. The van der Waals surface area contributed by atoms with Crippen LogP contribution in [0.15, 0.2) is 18.2 Å². The van der Waals surface area contributed by atoms with Crippen molar-refractivity contribution in [3.05, 3.63) is 24.0 Å². The van der Waals surface area contributed by atoms with Crippen LogP contribution >= 0.6 is 0 Å². The molecule has 0 radical (unpaired) electrons. The number of rotatable bonds is 2. The highest BCUT2D eigenvalue weighted by atomic mass is 19.1. The first-order chi connectivity index (χ1) is 7.11. The Balaban J connectivity index is 2.20. The minimum atomic E-state index is -0.387. The fourth-order valence-corrected chi connectivity index (χ4v) is 1.74. The van der Waals surface area contributed by atoms with E-state index < -0.39 is 0 Å². The maximum Gasteiger partial charge on any atom is 0.148 e. The molecule has 1 atom stereocenters. The summed E-state index contributed by atoms with van der Waals surface area (Å²) in [5.74, 6) is -0.387. The zero-order chi connectivity index (χ0) is 10.9. The van der Waals surface area contributed by atoms with Crippen molar-refractivity contribution in [2.75, 3.05) is 24.3 Å². The third kappa shape index (κ3) is 2.04. The molecule has 1 aliphatic rings. The normalized spacial score (nSPS) is 25.5. The number of nitrogen functional groups attached to an aromatic ring is 1. The number of ether oxygens (including phenoxy) is 1. The summed E-state index contributed by atoms with van der Waals surface area (Å²) in [7, 11) is 0. The van der Waals surface area contributed by atoms with Gasteiger partial charge in [0.1, 0.15) is 5.82 Å². The largest absolute Gasteiger partial charge is 0.395 e. The molecule has 4 heteroatoms. The van der Waals surface area contributed by atoms with Crippen molar-refractivity contribution >= 4 is 11.4 Å². The van der Waals surface area contributed by atoms with Crippen molar-refractivity contribution in [2.24, 2.45) is 0 Å². The first-order valence-electron chi connectivity index (χ1n) is 5.01. The molecular formula is C11H15FN2O. The number of nitrogens with one attached hydrogen (secondary N) is 1. The van der Waals surface area contributed by atoms with Gasteiger partial charge in [0.25, 0.3) is 0 Å². The summed E-state index contributed by atoms with van der Waals surface area (Å²) in [6, 6.07) is 4.78. The van der Waals surface area contributed by atoms with E-state index >= 15 is 0 Å². The SMILES string of the molecule is CC1(Nc2cccc(F)c2N)CCOC1. The van der Waals surface area contributed by atoms with Crippen LogP contribution in [0.1, 0.15) is 13.3 Å². The second-order valence-corrected chi connectivity index (χ2v) is 4.19. The smallest absolute Gasteiger partial charge is 0.148 e. The van der Waals surface area contributed by atoms with E-state index in [0.29, 0.717) is 12.3 Å². The van der Waals surface area contributed by atoms with E-state index in [0.717, 1.165) is 13.0 Å². The molecule has 0 saturated carbocycles. The lowest BCUT2D eigenvalue weighted by molar-refractivity contribution is 0.185. The Morgan fingerprint density at radius 2 is 2.33 bits per heavy atom. The molecule has 0 spiro atoms. The third-order valence-electron chi connectivity index (χ3n) is 2.71. The van der Waals surface area contributed by atoms with Gasteiger partial charge >= 0.3 is 0 Å². The summed E-state index contributed by atoms with van der Waals surface area (Å²) < 4.78 is 18.5. The van der Waals surface area contributed by atoms with Crippen LogP contribution in [-0.4, -0.2) is 18.8 Å². The third-order valence-corrected chi connectivity index (χ3v) is 2.71. The van der Waals surface area contributed by atoms with E-state index in [-0.39, 0.29) is 17.0 Å². The molecule has 0 aliphatic carbocycles. The average molecular weight is 210 g/mol. The van der Waals surface area contributed by atoms with Gasteiger partial charge in [-0.15, -0.1) is 0 Å². The molecule has 0 bridgehead atoms. The number of benzene rings is 1. The summed E-state index contributed by atoms with van der Waals surface area (Å²) >= 11 is 0. The molecule has 1 fully saturated rings. The minimum absolute atomic E-state index is 0.137. The highest BCUT2D eigenvalue weighted by molar-refractivity contribution is 5.67. The zero-order valence-corrected chi connectivity index (χ0v) is 8.72. The molecule has 1 unspecified atom stereocenters. The number of halogens is 1. The molecule has 3 N–H and O–H groups in total. The molecule has 0 amide bonds. The van der Waals surface area contributed by atoms with Crippen molar-refractivity contribution in [1.82, 2.24) is 0 Å². The van der Waals surface area contributed by atoms with Crippen LogP contribution in [0.5, 0.6) is 0 Å². The minimum Gasteiger partial charge on any atom is -0.395 e. The van der Waals surface area contributed by atoms with Gasteiger partial charge in [0.2, 0.25) is 0 Å². The molecule has 1 aliphatic heterocycles. The fraction of sp³-hybridized carbons (Fsp3) is 0.455. The number of hydrogen-bond donors (Lipinski definition) is 2. The summed E-state index contributed by atoms with van der Waals surface area (Å²) in [4.78, 5) is 0. The quantitative estimate of drug-likeness (QED) is 0.734.